The van der Waals surface area contributed by atoms with Crippen molar-refractivity contribution in [1.29, 1.82) is 0 Å². The van der Waals surface area contributed by atoms with E-state index in [2.05, 4.69) is 0 Å². The molecule has 3 fully saturated rings. The monoisotopic (exact) mass is 218 g/mol. The van der Waals surface area contributed by atoms with E-state index in [1.54, 1.807) is 6.92 Å². The molecule has 1 unspecified atom stereocenters. The maximum absolute atomic E-state index is 13.4. The lowest BCUT2D eigenvalue weighted by atomic mass is 9.63. The molecule has 0 aromatic rings. The van der Waals surface area contributed by atoms with Gasteiger partial charge in [-0.2, -0.15) is 0 Å². The highest BCUT2D eigenvalue weighted by Gasteiger charge is 2.54. The summed E-state index contributed by atoms with van der Waals surface area (Å²) in [5, 5.41) is 0. The average Bonchev–Trinajstić information content (AvgIpc) is 2.17. The maximum Gasteiger partial charge on any atom is 0.309 e. The zero-order chi connectivity index (χ0) is 11.1. The van der Waals surface area contributed by atoms with Crippen molar-refractivity contribution in [2.24, 2.45) is 17.8 Å². The molecule has 0 spiro atoms. The van der Waals surface area contributed by atoms with Crippen molar-refractivity contribution in [3.63, 3.8) is 0 Å². The summed E-state index contributed by atoms with van der Waals surface area (Å²) in [5.74, 6) is -3.86. The number of fused-ring (bicyclic) bond motifs is 3. The Morgan fingerprint density at radius 2 is 2.20 bits per heavy atom. The first kappa shape index (κ1) is 10.8. The van der Waals surface area contributed by atoms with E-state index in [9.17, 15) is 13.6 Å². The van der Waals surface area contributed by atoms with Gasteiger partial charge in [0.05, 0.1) is 12.5 Å². The normalized spacial score (nSPS) is 37.7. The van der Waals surface area contributed by atoms with Gasteiger partial charge < -0.3 is 4.74 Å². The molecule has 2 nitrogen and oxygen atoms in total. The highest BCUT2D eigenvalue weighted by molar-refractivity contribution is 5.73. The zero-order valence-electron chi connectivity index (χ0n) is 8.84. The van der Waals surface area contributed by atoms with Crippen LogP contribution in [-0.4, -0.2) is 18.5 Å². The minimum atomic E-state index is -2.55. The fraction of sp³-hybridized carbons (Fsp3) is 0.909. The molecule has 0 aromatic carbocycles. The van der Waals surface area contributed by atoms with Gasteiger partial charge in [-0.1, -0.05) is 0 Å². The smallest absolute Gasteiger partial charge is 0.309 e. The predicted octanol–water partition coefficient (Wildman–Crippen LogP) is 2.62. The first-order valence-electron chi connectivity index (χ1n) is 5.59. The number of hydrogen-bond acceptors (Lipinski definition) is 2. The van der Waals surface area contributed by atoms with Crippen LogP contribution in [0, 0.1) is 17.8 Å². The third-order valence-corrected chi connectivity index (χ3v) is 3.71. The van der Waals surface area contributed by atoms with Crippen LogP contribution in [0.4, 0.5) is 8.78 Å². The van der Waals surface area contributed by atoms with Gasteiger partial charge in [0, 0.05) is 12.3 Å². The number of rotatable bonds is 2. The third kappa shape index (κ3) is 1.86. The Hall–Kier alpha value is -0.670. The summed E-state index contributed by atoms with van der Waals surface area (Å²) in [6.45, 7) is 2.08. The van der Waals surface area contributed by atoms with Crippen molar-refractivity contribution in [1.82, 2.24) is 0 Å². The van der Waals surface area contributed by atoms with Gasteiger partial charge in [-0.15, -0.1) is 0 Å². The van der Waals surface area contributed by atoms with Crippen LogP contribution in [0.2, 0.25) is 0 Å². The van der Waals surface area contributed by atoms with Crippen LogP contribution in [0.1, 0.15) is 32.6 Å². The van der Waals surface area contributed by atoms with Gasteiger partial charge in [-0.05, 0) is 32.1 Å². The molecule has 0 N–H and O–H groups in total. The highest BCUT2D eigenvalue weighted by Crippen LogP contribution is 2.53. The van der Waals surface area contributed by atoms with Gasteiger partial charge in [0.25, 0.3) is 5.92 Å². The van der Waals surface area contributed by atoms with E-state index in [0.29, 0.717) is 19.4 Å². The molecule has 3 rings (SSSR count). The van der Waals surface area contributed by atoms with Gasteiger partial charge in [-0.25, -0.2) is 8.78 Å². The van der Waals surface area contributed by atoms with Gasteiger partial charge in [0.1, 0.15) is 0 Å². The molecule has 3 atom stereocenters. The van der Waals surface area contributed by atoms with Gasteiger partial charge >= 0.3 is 5.97 Å². The van der Waals surface area contributed by atoms with E-state index in [0.717, 1.165) is 6.42 Å². The summed E-state index contributed by atoms with van der Waals surface area (Å²) < 4.78 is 31.7. The molecule has 15 heavy (non-hydrogen) atoms. The van der Waals surface area contributed by atoms with Crippen LogP contribution in [0.15, 0.2) is 0 Å². The summed E-state index contributed by atoms with van der Waals surface area (Å²) >= 11 is 0. The van der Waals surface area contributed by atoms with Crippen LogP contribution in [0.25, 0.3) is 0 Å². The summed E-state index contributed by atoms with van der Waals surface area (Å²) in [7, 11) is 0. The molecule has 0 heterocycles. The minimum Gasteiger partial charge on any atom is -0.466 e. The van der Waals surface area contributed by atoms with Crippen molar-refractivity contribution in [2.75, 3.05) is 6.61 Å². The van der Waals surface area contributed by atoms with Crippen molar-refractivity contribution in [3.8, 4) is 0 Å². The van der Waals surface area contributed by atoms with Gasteiger partial charge in [0.15, 0.2) is 0 Å². The van der Waals surface area contributed by atoms with Crippen LogP contribution < -0.4 is 0 Å². The van der Waals surface area contributed by atoms with Crippen LogP contribution in [0.5, 0.6) is 0 Å². The van der Waals surface area contributed by atoms with E-state index >= 15 is 0 Å². The molecule has 0 amide bonds. The summed E-state index contributed by atoms with van der Waals surface area (Å²) in [5.41, 5.74) is 0. The highest BCUT2D eigenvalue weighted by atomic mass is 19.3. The Labute approximate surface area is 88.0 Å². The molecule has 86 valence electrons. The third-order valence-electron chi connectivity index (χ3n) is 3.71. The molecule has 0 saturated heterocycles. The number of carbonyl (C=O) groups is 1. The second kappa shape index (κ2) is 3.72. The molecule has 3 aliphatic carbocycles. The average molecular weight is 218 g/mol. The first-order chi connectivity index (χ1) is 7.04. The maximum atomic E-state index is 13.4. The van der Waals surface area contributed by atoms with Crippen LogP contribution >= 0.6 is 0 Å². The Morgan fingerprint density at radius 3 is 2.67 bits per heavy atom. The fourth-order valence-corrected chi connectivity index (χ4v) is 2.92. The predicted molar refractivity (Wildman–Crippen MR) is 50.5 cm³/mol. The van der Waals surface area contributed by atoms with Crippen molar-refractivity contribution in [3.05, 3.63) is 0 Å². The number of carbonyl (C=O) groups excluding carboxylic acids is 1. The molecular formula is C11H16F2O2. The molecule has 0 aromatic heterocycles. The summed E-state index contributed by atoms with van der Waals surface area (Å²) in [6, 6.07) is 0. The Kier molecular flexibility index (Phi) is 2.69. The van der Waals surface area contributed by atoms with E-state index in [1.165, 1.54) is 0 Å². The zero-order valence-corrected chi connectivity index (χ0v) is 8.84. The van der Waals surface area contributed by atoms with E-state index in [1.807, 2.05) is 0 Å². The number of alkyl halides is 2. The van der Waals surface area contributed by atoms with Crippen molar-refractivity contribution >= 4 is 5.97 Å². The number of hydrogen-bond donors (Lipinski definition) is 0. The molecule has 3 aliphatic rings. The molecule has 0 radical (unpaired) electrons. The summed E-state index contributed by atoms with van der Waals surface area (Å²) in [6.07, 6.45) is 1.51. The Morgan fingerprint density at radius 1 is 1.47 bits per heavy atom. The molecule has 0 aliphatic heterocycles. The largest absolute Gasteiger partial charge is 0.466 e. The molecular weight excluding hydrogens is 202 g/mol. The van der Waals surface area contributed by atoms with Gasteiger partial charge in [-0.3, -0.25) is 4.79 Å². The molecule has 3 saturated carbocycles. The summed E-state index contributed by atoms with van der Waals surface area (Å²) in [4.78, 5) is 11.5. The number of halogens is 2. The quantitative estimate of drug-likeness (QED) is 0.666. The molecule has 4 heteroatoms. The Bertz CT molecular complexity index is 265. The minimum absolute atomic E-state index is 0.124. The first-order valence-corrected chi connectivity index (χ1v) is 5.59. The fourth-order valence-electron chi connectivity index (χ4n) is 2.92. The van der Waals surface area contributed by atoms with Crippen LogP contribution in [-0.2, 0) is 9.53 Å². The number of ether oxygens (including phenoxy) is 1. The standard InChI is InChI=1S/C11H16F2O2/c1-2-15-10(14)9-5-8-4-3-7(9)6-11(8,12)13/h7-9H,2-6H2,1H3/t7-,8-,9?/m0/s1. The van der Waals surface area contributed by atoms with Crippen molar-refractivity contribution in [2.45, 2.75) is 38.5 Å². The lowest BCUT2D eigenvalue weighted by Gasteiger charge is -2.45. The lowest BCUT2D eigenvalue weighted by Crippen LogP contribution is -2.47. The second-order valence-corrected chi connectivity index (χ2v) is 4.59. The second-order valence-electron chi connectivity index (χ2n) is 4.59. The number of esters is 1. The lowest BCUT2D eigenvalue weighted by molar-refractivity contribution is -0.175. The SMILES string of the molecule is CCOC(=O)C1C[C@@H]2CC[C@H]1CC2(F)F. The van der Waals surface area contributed by atoms with Crippen molar-refractivity contribution < 1.29 is 18.3 Å². The van der Waals surface area contributed by atoms with E-state index in [-0.39, 0.29) is 24.2 Å². The van der Waals surface area contributed by atoms with Gasteiger partial charge in [0.2, 0.25) is 0 Å². The van der Waals surface area contributed by atoms with Crippen LogP contribution in [0.3, 0.4) is 0 Å². The topological polar surface area (TPSA) is 26.3 Å². The van der Waals surface area contributed by atoms with E-state index < -0.39 is 11.8 Å². The Balaban J connectivity index is 2.05. The molecule has 2 bridgehead atoms. The van der Waals surface area contributed by atoms with E-state index in [4.69, 9.17) is 4.74 Å².